The molecule has 24 heavy (non-hydrogen) atoms. The maximum Gasteiger partial charge on any atom is 0.335 e. The number of aliphatic carboxylic acids is 1. The largest absolute Gasteiger partial charge is 0.479 e. The van der Waals surface area contributed by atoms with E-state index in [-0.39, 0.29) is 0 Å². The average molecular weight is 356 g/mol. The minimum Gasteiger partial charge on any atom is -0.479 e. The number of carboxylic acids is 1. The summed E-state index contributed by atoms with van der Waals surface area (Å²) in [5.41, 5.74) is 0. The van der Waals surface area contributed by atoms with Gasteiger partial charge in [-0.3, -0.25) is 0 Å². The third-order valence-electron chi connectivity index (χ3n) is 2.87. The summed E-state index contributed by atoms with van der Waals surface area (Å²) >= 11 is 0. The predicted octanol–water partition coefficient (Wildman–Crippen LogP) is -3.37. The van der Waals surface area contributed by atoms with Gasteiger partial charge < -0.3 is 45.2 Å². The molecule has 0 aliphatic rings. The molecular weight excluding hydrogens is 324 g/mol. The average Bonchev–Trinajstić information content (AvgIpc) is 2.51. The summed E-state index contributed by atoms with van der Waals surface area (Å²) in [6.07, 6.45) is -7.84. The molecule has 0 aromatic heterocycles. The molecule has 0 heterocycles. The molecule has 0 unspecified atom stereocenters. The van der Waals surface area contributed by atoms with Crippen molar-refractivity contribution in [3.63, 3.8) is 0 Å². The van der Waals surface area contributed by atoms with Crippen molar-refractivity contribution in [3.05, 3.63) is 0 Å². The van der Waals surface area contributed by atoms with Crippen LogP contribution >= 0.6 is 0 Å². The van der Waals surface area contributed by atoms with Crippen molar-refractivity contribution < 1.29 is 40.2 Å². The molecule has 0 saturated carbocycles. The molecule has 0 spiro atoms. The third kappa shape index (κ3) is 13.6. The number of carbonyl (C=O) groups is 1. The molecular formula is C14H32N2O8. The second-order valence-corrected chi connectivity index (χ2v) is 5.73. The van der Waals surface area contributed by atoms with Crippen LogP contribution in [0.15, 0.2) is 0 Å². The number of aliphatic hydroxyl groups excluding tert-OH is 5. The number of hydrogen-bond donors (Lipinski definition) is 6. The highest BCUT2D eigenvalue weighted by molar-refractivity contribution is 5.72. The lowest BCUT2D eigenvalue weighted by Gasteiger charge is -2.23. The van der Waals surface area contributed by atoms with Crippen LogP contribution in [0.25, 0.3) is 0 Å². The van der Waals surface area contributed by atoms with Gasteiger partial charge in [-0.05, 0) is 28.2 Å². The van der Waals surface area contributed by atoms with Crippen molar-refractivity contribution in [3.8, 4) is 0 Å². The Balaban J connectivity index is 0. The molecule has 10 nitrogen and oxygen atoms in total. The number of rotatable bonds is 11. The molecule has 0 fully saturated rings. The van der Waals surface area contributed by atoms with E-state index in [1.54, 1.807) is 0 Å². The number of nitrogens with zero attached hydrogens (tertiary/aromatic N) is 2. The van der Waals surface area contributed by atoms with E-state index in [2.05, 4.69) is 38.0 Å². The van der Waals surface area contributed by atoms with Crippen LogP contribution in [0, 0.1) is 0 Å². The van der Waals surface area contributed by atoms with Gasteiger partial charge in [0.25, 0.3) is 0 Å². The Hall–Kier alpha value is -0.850. The molecule has 0 bridgehead atoms. The Kier molecular flexibility index (Phi) is 15.3. The summed E-state index contributed by atoms with van der Waals surface area (Å²) in [5, 5.41) is 51.8. The van der Waals surface area contributed by atoms with E-state index in [1.165, 1.54) is 0 Å². The van der Waals surface area contributed by atoms with Gasteiger partial charge in [0.05, 0.1) is 19.8 Å². The van der Waals surface area contributed by atoms with Crippen LogP contribution in [0.1, 0.15) is 0 Å². The number of likely N-dealkylation sites (N-methyl/N-ethyl adjacent to an activating group) is 2. The van der Waals surface area contributed by atoms with Gasteiger partial charge in [-0.15, -0.1) is 0 Å². The topological polar surface area (TPSA) is 154 Å². The van der Waals surface area contributed by atoms with E-state index < -0.39 is 37.0 Å². The minimum atomic E-state index is -2.20. The van der Waals surface area contributed by atoms with Crippen LogP contribution in [0.5, 0.6) is 0 Å². The molecule has 0 aromatic carbocycles. The highest BCUT2D eigenvalue weighted by Gasteiger charge is 2.33. The van der Waals surface area contributed by atoms with E-state index in [0.717, 1.165) is 26.3 Å². The lowest BCUT2D eigenvalue weighted by molar-refractivity contribution is -0.164. The third-order valence-corrected chi connectivity index (χ3v) is 2.87. The first-order valence-electron chi connectivity index (χ1n) is 7.47. The summed E-state index contributed by atoms with van der Waals surface area (Å²) in [6, 6.07) is 0. The number of carboxylic acid groups (broad SMARTS) is 1. The standard InChI is InChI=1S/C8H20N2O.C6H12O7/c1-9(2)5-7-11-8-6-10(3)4;7-1-2(8)3(9)4(10)5(11)6(12)13/h5-8H2,1-4H3;2-5,7-11H,1H2,(H,12,13)/t;2-,3-,4+,5-/m.1/s1. The molecule has 6 N–H and O–H groups in total. The molecule has 0 amide bonds. The molecule has 0 radical (unpaired) electrons. The maximum absolute atomic E-state index is 10.1. The van der Waals surface area contributed by atoms with Crippen molar-refractivity contribution in [1.82, 2.24) is 9.80 Å². The monoisotopic (exact) mass is 356 g/mol. The molecule has 0 saturated heterocycles. The van der Waals surface area contributed by atoms with Crippen LogP contribution in [0.2, 0.25) is 0 Å². The summed E-state index contributed by atoms with van der Waals surface area (Å²) in [6.45, 7) is 2.84. The van der Waals surface area contributed by atoms with Gasteiger partial charge in [-0.25, -0.2) is 4.79 Å². The fourth-order valence-electron chi connectivity index (χ4n) is 1.26. The number of aliphatic hydroxyl groups is 5. The van der Waals surface area contributed by atoms with Gasteiger partial charge in [0.1, 0.15) is 18.3 Å². The van der Waals surface area contributed by atoms with E-state index in [1.807, 2.05) is 0 Å². The first kappa shape index (κ1) is 25.4. The Morgan fingerprint density at radius 2 is 1.33 bits per heavy atom. The Labute approximate surface area is 142 Å². The van der Waals surface area contributed by atoms with Gasteiger partial charge >= 0.3 is 5.97 Å². The Morgan fingerprint density at radius 1 is 0.917 bits per heavy atom. The Morgan fingerprint density at radius 3 is 1.62 bits per heavy atom. The summed E-state index contributed by atoms with van der Waals surface area (Å²) in [7, 11) is 8.20. The van der Waals surface area contributed by atoms with Crippen LogP contribution in [0.3, 0.4) is 0 Å². The second-order valence-electron chi connectivity index (χ2n) is 5.73. The second kappa shape index (κ2) is 14.5. The summed E-state index contributed by atoms with van der Waals surface area (Å²) in [4.78, 5) is 14.3. The highest BCUT2D eigenvalue weighted by atomic mass is 16.5. The first-order valence-corrected chi connectivity index (χ1v) is 7.47. The van der Waals surface area contributed by atoms with Crippen LogP contribution in [-0.4, -0.2) is 132 Å². The molecule has 4 atom stereocenters. The van der Waals surface area contributed by atoms with Crippen LogP contribution < -0.4 is 0 Å². The fourth-order valence-corrected chi connectivity index (χ4v) is 1.26. The van der Waals surface area contributed by atoms with Crippen LogP contribution in [0.4, 0.5) is 0 Å². The molecule has 0 aliphatic carbocycles. The van der Waals surface area contributed by atoms with E-state index in [9.17, 15) is 4.79 Å². The van der Waals surface area contributed by atoms with E-state index >= 15 is 0 Å². The smallest absolute Gasteiger partial charge is 0.335 e. The number of ether oxygens (including phenoxy) is 1. The van der Waals surface area contributed by atoms with Crippen molar-refractivity contribution in [2.24, 2.45) is 0 Å². The van der Waals surface area contributed by atoms with Gasteiger partial charge in [-0.1, -0.05) is 0 Å². The zero-order chi connectivity index (χ0) is 19.3. The Bertz CT molecular complexity index is 307. The first-order chi connectivity index (χ1) is 11.0. The van der Waals surface area contributed by atoms with Crippen molar-refractivity contribution in [1.29, 1.82) is 0 Å². The molecule has 0 rings (SSSR count). The van der Waals surface area contributed by atoms with Crippen molar-refractivity contribution >= 4 is 5.97 Å². The maximum atomic E-state index is 10.1. The van der Waals surface area contributed by atoms with E-state index in [4.69, 9.17) is 35.4 Å². The summed E-state index contributed by atoms with van der Waals surface area (Å²) < 4.78 is 5.37. The minimum absolute atomic E-state index is 0.834. The van der Waals surface area contributed by atoms with Gasteiger partial charge in [0.15, 0.2) is 6.10 Å². The SMILES string of the molecule is CN(C)CCOCCN(C)C.O=C(O)[C@H](O)[C@@H](O)[C@H](O)[C@H](O)CO. The van der Waals surface area contributed by atoms with Crippen molar-refractivity contribution in [2.75, 3.05) is 61.1 Å². The lowest BCUT2D eigenvalue weighted by atomic mass is 10.0. The zero-order valence-electron chi connectivity index (χ0n) is 14.7. The van der Waals surface area contributed by atoms with Gasteiger partial charge in [0.2, 0.25) is 0 Å². The fraction of sp³-hybridized carbons (Fsp3) is 0.929. The molecule has 0 aromatic rings. The zero-order valence-corrected chi connectivity index (χ0v) is 14.7. The normalized spacial score (nSPS) is 16.3. The lowest BCUT2D eigenvalue weighted by Crippen LogP contribution is -2.48. The number of hydrogen-bond acceptors (Lipinski definition) is 9. The summed E-state index contributed by atoms with van der Waals surface area (Å²) in [5.74, 6) is -1.73. The van der Waals surface area contributed by atoms with E-state index in [0.29, 0.717) is 0 Å². The predicted molar refractivity (Wildman–Crippen MR) is 86.7 cm³/mol. The molecule has 146 valence electrons. The molecule has 0 aliphatic heterocycles. The van der Waals surface area contributed by atoms with Gasteiger partial charge in [0, 0.05) is 13.1 Å². The van der Waals surface area contributed by atoms with Gasteiger partial charge in [-0.2, -0.15) is 0 Å². The highest BCUT2D eigenvalue weighted by Crippen LogP contribution is 2.04. The molecule has 10 heteroatoms. The van der Waals surface area contributed by atoms with Crippen LogP contribution in [-0.2, 0) is 9.53 Å². The quantitative estimate of drug-likeness (QED) is 0.207. The van der Waals surface area contributed by atoms with Crippen molar-refractivity contribution in [2.45, 2.75) is 24.4 Å².